The first-order chi connectivity index (χ1) is 15.7. The number of rotatable bonds is 6. The molecule has 0 spiro atoms. The van der Waals surface area contributed by atoms with Gasteiger partial charge in [-0.15, -0.1) is 0 Å². The van der Waals surface area contributed by atoms with E-state index < -0.39 is 0 Å². The molecule has 0 aromatic heterocycles. The van der Waals surface area contributed by atoms with Gasteiger partial charge in [-0.3, -0.25) is 0 Å². The number of hydrazone groups is 1. The molecule has 3 aromatic carbocycles. The predicted octanol–water partition coefficient (Wildman–Crippen LogP) is 5.07. The number of halogens is 1. The summed E-state index contributed by atoms with van der Waals surface area (Å²) in [6.07, 6.45) is 0.434. The fourth-order valence-electron chi connectivity index (χ4n) is 4.13. The normalized spacial score (nSPS) is 19.0. The number of methoxy groups -OCH3 is 1. The molecule has 2 heterocycles. The average Bonchev–Trinajstić information content (AvgIpc) is 3.29. The maximum atomic E-state index is 8.97. The largest absolute Gasteiger partial charge is 0.497 e. The number of ether oxygens (including phenoxy) is 3. The van der Waals surface area contributed by atoms with Crippen LogP contribution in [0.3, 0.4) is 0 Å². The molecule has 2 atom stereocenters. The van der Waals surface area contributed by atoms with Crippen LogP contribution >= 0.6 is 15.9 Å². The summed E-state index contributed by atoms with van der Waals surface area (Å²) >= 11 is 3.59. The molecular formula is C25H23BrN2O4. The van der Waals surface area contributed by atoms with Gasteiger partial charge in [0.25, 0.3) is 0 Å². The predicted molar refractivity (Wildman–Crippen MR) is 125 cm³/mol. The summed E-state index contributed by atoms with van der Waals surface area (Å²) in [5, 5.41) is 16.0. The zero-order chi connectivity index (χ0) is 22.1. The van der Waals surface area contributed by atoms with Gasteiger partial charge in [0.15, 0.2) is 0 Å². The number of aliphatic hydroxyl groups is 1. The Labute approximate surface area is 195 Å². The highest BCUT2D eigenvalue weighted by atomic mass is 79.9. The molecule has 0 aliphatic carbocycles. The summed E-state index contributed by atoms with van der Waals surface area (Å²) in [7, 11) is 1.67. The first-order valence-corrected chi connectivity index (χ1v) is 11.3. The molecule has 0 bridgehead atoms. The van der Waals surface area contributed by atoms with Gasteiger partial charge in [0.2, 0.25) is 6.23 Å². The lowest BCUT2D eigenvalue weighted by atomic mass is 9.96. The topological polar surface area (TPSA) is 63.5 Å². The molecule has 5 rings (SSSR count). The van der Waals surface area contributed by atoms with E-state index in [1.807, 2.05) is 60.7 Å². The van der Waals surface area contributed by atoms with E-state index in [4.69, 9.17) is 24.4 Å². The van der Waals surface area contributed by atoms with Gasteiger partial charge in [-0.1, -0.05) is 15.9 Å². The van der Waals surface area contributed by atoms with Crippen LogP contribution in [0.15, 0.2) is 76.3 Å². The van der Waals surface area contributed by atoms with Crippen molar-refractivity contribution < 1.29 is 19.3 Å². The van der Waals surface area contributed by atoms with Gasteiger partial charge < -0.3 is 19.3 Å². The van der Waals surface area contributed by atoms with E-state index in [0.717, 1.165) is 44.8 Å². The minimum absolute atomic E-state index is 0.0157. The van der Waals surface area contributed by atoms with Gasteiger partial charge in [-0.05, 0) is 72.3 Å². The van der Waals surface area contributed by atoms with Gasteiger partial charge >= 0.3 is 0 Å². The van der Waals surface area contributed by atoms with Gasteiger partial charge in [0.1, 0.15) is 23.9 Å². The van der Waals surface area contributed by atoms with E-state index in [2.05, 4.69) is 27.0 Å². The number of fused-ring (bicyclic) bond motifs is 3. The van der Waals surface area contributed by atoms with E-state index in [1.165, 1.54) is 0 Å². The molecule has 0 fully saturated rings. The van der Waals surface area contributed by atoms with Crippen LogP contribution in [0.25, 0.3) is 0 Å². The number of hydrogen-bond acceptors (Lipinski definition) is 6. The minimum atomic E-state index is -0.351. The van der Waals surface area contributed by atoms with Crippen molar-refractivity contribution in [1.82, 2.24) is 5.01 Å². The van der Waals surface area contributed by atoms with Crippen LogP contribution in [0.1, 0.15) is 35.4 Å². The van der Waals surface area contributed by atoms with Crippen LogP contribution in [0, 0.1) is 0 Å². The van der Waals surface area contributed by atoms with Crippen molar-refractivity contribution in [2.24, 2.45) is 5.10 Å². The fraction of sp³-hybridized carbons (Fsp3) is 0.240. The Morgan fingerprint density at radius 2 is 1.81 bits per heavy atom. The van der Waals surface area contributed by atoms with E-state index >= 15 is 0 Å². The molecule has 7 heteroatoms. The van der Waals surface area contributed by atoms with Gasteiger partial charge in [-0.25, -0.2) is 5.01 Å². The monoisotopic (exact) mass is 494 g/mol. The number of benzene rings is 3. The van der Waals surface area contributed by atoms with Crippen LogP contribution in [-0.4, -0.2) is 36.2 Å². The molecule has 0 radical (unpaired) electrons. The van der Waals surface area contributed by atoms with E-state index in [1.54, 1.807) is 7.11 Å². The maximum absolute atomic E-state index is 8.97. The number of nitrogens with zero attached hydrogens (tertiary/aromatic N) is 2. The highest BCUT2D eigenvalue weighted by molar-refractivity contribution is 9.10. The van der Waals surface area contributed by atoms with Crippen molar-refractivity contribution in [2.75, 3.05) is 20.3 Å². The Kier molecular flexibility index (Phi) is 5.76. The zero-order valence-corrected chi connectivity index (χ0v) is 19.2. The van der Waals surface area contributed by atoms with Crippen molar-refractivity contribution in [3.05, 3.63) is 87.9 Å². The summed E-state index contributed by atoms with van der Waals surface area (Å²) in [5.41, 5.74) is 4.19. The number of hydrogen-bond donors (Lipinski definition) is 1. The lowest BCUT2D eigenvalue weighted by Crippen LogP contribution is -2.33. The SMILES string of the molecule is COc1ccc(C2=NN3[C@@H](C2)c2cc(Br)ccc2O[C@H]3c2ccc(OCCO)cc2)cc1. The summed E-state index contributed by atoms with van der Waals surface area (Å²) < 4.78 is 18.2. The second kappa shape index (κ2) is 8.84. The average molecular weight is 495 g/mol. The minimum Gasteiger partial charge on any atom is -0.497 e. The molecule has 3 aromatic rings. The molecule has 2 aliphatic rings. The summed E-state index contributed by atoms with van der Waals surface area (Å²) in [4.78, 5) is 0. The summed E-state index contributed by atoms with van der Waals surface area (Å²) in [6, 6.07) is 21.9. The summed E-state index contributed by atoms with van der Waals surface area (Å²) in [5.74, 6) is 2.40. The molecule has 0 saturated carbocycles. The molecule has 6 nitrogen and oxygen atoms in total. The number of aliphatic hydroxyl groups excluding tert-OH is 1. The van der Waals surface area contributed by atoms with Crippen LogP contribution in [-0.2, 0) is 0 Å². The maximum Gasteiger partial charge on any atom is 0.213 e. The molecule has 0 saturated heterocycles. The Morgan fingerprint density at radius 1 is 1.06 bits per heavy atom. The van der Waals surface area contributed by atoms with E-state index in [-0.39, 0.29) is 25.5 Å². The molecule has 1 N–H and O–H groups in total. The standard InChI is InChI=1S/C25H23BrN2O4/c1-30-19-7-2-16(3-8-19)22-15-23-21-14-18(26)6-11-24(21)32-25(28(23)27-22)17-4-9-20(10-5-17)31-13-12-29/h2-11,14,23,25,29H,12-13,15H2,1H3/t23-,25-/m0/s1. The van der Waals surface area contributed by atoms with Crippen molar-refractivity contribution in [2.45, 2.75) is 18.7 Å². The summed E-state index contributed by atoms with van der Waals surface area (Å²) in [6.45, 7) is 0.253. The van der Waals surface area contributed by atoms with Gasteiger partial charge in [0.05, 0.1) is 25.5 Å². The van der Waals surface area contributed by atoms with Crippen LogP contribution in [0.5, 0.6) is 17.2 Å². The van der Waals surface area contributed by atoms with E-state index in [9.17, 15) is 0 Å². The highest BCUT2D eigenvalue weighted by Gasteiger charge is 2.41. The van der Waals surface area contributed by atoms with Crippen molar-refractivity contribution >= 4 is 21.6 Å². The third kappa shape index (κ3) is 3.94. The fourth-order valence-corrected chi connectivity index (χ4v) is 4.51. The lowest BCUT2D eigenvalue weighted by molar-refractivity contribution is -0.0191. The smallest absolute Gasteiger partial charge is 0.213 e. The molecule has 2 aliphatic heterocycles. The Bertz CT molecular complexity index is 1130. The zero-order valence-electron chi connectivity index (χ0n) is 17.6. The quantitative estimate of drug-likeness (QED) is 0.518. The third-order valence-electron chi connectivity index (χ3n) is 5.70. The van der Waals surface area contributed by atoms with Crippen LogP contribution in [0.4, 0.5) is 0 Å². The lowest BCUT2D eigenvalue weighted by Gasteiger charge is -2.38. The Hall–Kier alpha value is -3.03. The van der Waals surface area contributed by atoms with Crippen molar-refractivity contribution in [3.8, 4) is 17.2 Å². The molecule has 164 valence electrons. The Morgan fingerprint density at radius 3 is 2.53 bits per heavy atom. The second-order valence-electron chi connectivity index (χ2n) is 7.67. The highest BCUT2D eigenvalue weighted by Crippen LogP contribution is 2.48. The third-order valence-corrected chi connectivity index (χ3v) is 6.19. The van der Waals surface area contributed by atoms with Crippen molar-refractivity contribution in [1.29, 1.82) is 0 Å². The molecule has 0 amide bonds. The van der Waals surface area contributed by atoms with Gasteiger partial charge in [0, 0.05) is 22.0 Å². The molecule has 32 heavy (non-hydrogen) atoms. The first kappa shape index (κ1) is 20.8. The molecular weight excluding hydrogens is 472 g/mol. The second-order valence-corrected chi connectivity index (χ2v) is 8.58. The first-order valence-electron chi connectivity index (χ1n) is 10.5. The van der Waals surface area contributed by atoms with Crippen LogP contribution < -0.4 is 14.2 Å². The van der Waals surface area contributed by atoms with Crippen molar-refractivity contribution in [3.63, 3.8) is 0 Å². The molecule has 0 unspecified atom stereocenters. The van der Waals surface area contributed by atoms with Crippen LogP contribution in [0.2, 0.25) is 0 Å². The van der Waals surface area contributed by atoms with E-state index in [0.29, 0.717) is 5.75 Å². The Balaban J connectivity index is 1.50. The van der Waals surface area contributed by atoms with Gasteiger partial charge in [-0.2, -0.15) is 5.10 Å².